The molecule has 0 N–H and O–H groups in total. The van der Waals surface area contributed by atoms with Crippen LogP contribution in [0.2, 0.25) is 58.9 Å². The lowest BCUT2D eigenvalue weighted by Crippen LogP contribution is -2.73. The molecule has 86 valence electrons. The highest BCUT2D eigenvalue weighted by Crippen LogP contribution is 2.46. The molecule has 0 radical (unpaired) electrons. The first kappa shape index (κ1) is 15.4. The molecule has 0 saturated carbocycles. The van der Waals surface area contributed by atoms with Crippen molar-refractivity contribution in [2.24, 2.45) is 0 Å². The monoisotopic (exact) mass is 358 g/mol. The second-order valence-corrected chi connectivity index (χ2v) is 29.3. The summed E-state index contributed by atoms with van der Waals surface area (Å²) in [6.45, 7) is 23.1. The van der Waals surface area contributed by atoms with Crippen LogP contribution in [0, 0.1) is 0 Å². The molecule has 0 aliphatic heterocycles. The van der Waals surface area contributed by atoms with Gasteiger partial charge in [0.2, 0.25) is 0 Å². The van der Waals surface area contributed by atoms with Crippen LogP contribution in [0.4, 0.5) is 0 Å². The maximum atomic E-state index is 2.88. The van der Waals surface area contributed by atoms with Crippen LogP contribution in [0.1, 0.15) is 0 Å². The third-order valence-electron chi connectivity index (χ3n) is 3.10. The van der Waals surface area contributed by atoms with Gasteiger partial charge in [-0.15, -0.1) is 0 Å². The van der Waals surface area contributed by atoms with E-state index in [-0.39, 0.29) is 0 Å². The van der Waals surface area contributed by atoms with Crippen LogP contribution in [0.25, 0.3) is 0 Å². The van der Waals surface area contributed by atoms with Crippen molar-refractivity contribution >= 4 is 46.8 Å². The summed E-state index contributed by atoms with van der Waals surface area (Å²) in [4.78, 5) is 0. The first-order valence-corrected chi connectivity index (χ1v) is 17.0. The van der Waals surface area contributed by atoms with Gasteiger partial charge in [-0.1, -0.05) is 81.5 Å². The highest BCUT2D eigenvalue weighted by atomic mass is 127. The normalized spacial score (nSPS) is 15.9. The fraction of sp³-hybridized carbons (Fsp3) is 1.00. The van der Waals surface area contributed by atoms with Gasteiger partial charge in [0.25, 0.3) is 0 Å². The van der Waals surface area contributed by atoms with Gasteiger partial charge in [-0.2, -0.15) is 0 Å². The van der Waals surface area contributed by atoms with E-state index in [0.717, 1.165) is 0 Å². The van der Waals surface area contributed by atoms with Crippen molar-refractivity contribution in [1.29, 1.82) is 0 Å². The smallest absolute Gasteiger partial charge is 0.0559 e. The van der Waals surface area contributed by atoms with Crippen molar-refractivity contribution in [3.05, 3.63) is 0 Å². The molecule has 0 saturated heterocycles. The lowest BCUT2D eigenvalue weighted by molar-refractivity contribution is 1.32. The average Bonchev–Trinajstić information content (AvgIpc) is 1.77. The maximum absolute atomic E-state index is 2.88. The highest BCUT2D eigenvalue weighted by molar-refractivity contribution is 14.1. The Morgan fingerprint density at radius 1 is 0.571 bits per heavy atom. The van der Waals surface area contributed by atoms with E-state index in [1.807, 2.05) is 0 Å². The minimum absolute atomic E-state index is 0.699. The number of alkyl halides is 1. The topological polar surface area (TPSA) is 0 Å². The van der Waals surface area contributed by atoms with Crippen LogP contribution in [-0.4, -0.2) is 26.5 Å². The molecular weight excluding hydrogens is 331 g/mol. The number of halogens is 1. The minimum atomic E-state index is -1.07. The summed E-state index contributed by atoms with van der Waals surface area (Å²) in [5.41, 5.74) is 0. The van der Waals surface area contributed by atoms with Crippen LogP contribution < -0.4 is 0 Å². The molecule has 0 nitrogen and oxygen atoms in total. The van der Waals surface area contributed by atoms with Crippen molar-refractivity contribution in [1.82, 2.24) is 0 Å². The molecule has 0 aliphatic rings. The fourth-order valence-corrected chi connectivity index (χ4v) is 30.4. The van der Waals surface area contributed by atoms with Gasteiger partial charge in [-0.05, 0) is 0 Å². The van der Waals surface area contributed by atoms with Crippen LogP contribution in [-0.2, 0) is 0 Å². The number of rotatable bonds is 3. The predicted molar refractivity (Wildman–Crippen MR) is 86.8 cm³/mol. The Kier molecular flexibility index (Phi) is 4.39. The zero-order valence-corrected chi connectivity index (χ0v) is 16.5. The first-order valence-electron chi connectivity index (χ1n) is 5.44. The van der Waals surface area contributed by atoms with Gasteiger partial charge in [0, 0.05) is 2.29 Å². The van der Waals surface area contributed by atoms with Crippen molar-refractivity contribution in [3.8, 4) is 0 Å². The summed E-state index contributed by atoms with van der Waals surface area (Å²) in [7, 11) is -3.21. The third-order valence-corrected chi connectivity index (χ3v) is 37.4. The second-order valence-electron chi connectivity index (χ2n) is 7.41. The summed E-state index contributed by atoms with van der Waals surface area (Å²) >= 11 is 2.88. The molecule has 0 fully saturated rings. The molecule has 4 heteroatoms. The Morgan fingerprint density at radius 3 is 0.714 bits per heavy atom. The summed E-state index contributed by atoms with van der Waals surface area (Å²) in [6, 6.07) is 0. The largest absolute Gasteiger partial charge is 0.0890 e. The number of hydrogen-bond acceptors (Lipinski definition) is 0. The maximum Gasteiger partial charge on any atom is 0.0559 e. The van der Waals surface area contributed by atoms with Gasteiger partial charge in [0.05, 0.1) is 24.2 Å². The van der Waals surface area contributed by atoms with Crippen LogP contribution >= 0.6 is 22.6 Å². The molecule has 0 rings (SSSR count). The molecule has 0 aromatic carbocycles. The molecule has 0 bridgehead atoms. The van der Waals surface area contributed by atoms with Gasteiger partial charge in [-0.3, -0.25) is 0 Å². The lowest BCUT2D eigenvalue weighted by atomic mass is 11.6. The standard InChI is InChI=1S/C10H27ISi3/c1-12(2,3)10(11,13(4,5)6)14(7,8)9/h1-9H3. The molecule has 0 aromatic rings. The Balaban J connectivity index is 5.54. The SMILES string of the molecule is C[Si](C)(C)C(I)([Si](C)(C)C)[Si](C)(C)C. The molecule has 0 aliphatic carbocycles. The quantitative estimate of drug-likeness (QED) is 0.386. The zero-order chi connectivity index (χ0) is 12.0. The van der Waals surface area contributed by atoms with Crippen LogP contribution in [0.5, 0.6) is 0 Å². The van der Waals surface area contributed by atoms with Crippen LogP contribution in [0.15, 0.2) is 0 Å². The van der Waals surface area contributed by atoms with E-state index < -0.39 is 24.2 Å². The van der Waals surface area contributed by atoms with E-state index in [4.69, 9.17) is 0 Å². The Morgan fingerprint density at radius 2 is 0.714 bits per heavy atom. The summed E-state index contributed by atoms with van der Waals surface area (Å²) < 4.78 is 0.699. The van der Waals surface area contributed by atoms with E-state index in [9.17, 15) is 0 Å². The van der Waals surface area contributed by atoms with Crippen molar-refractivity contribution < 1.29 is 0 Å². The van der Waals surface area contributed by atoms with Gasteiger partial charge in [-0.25, -0.2) is 0 Å². The van der Waals surface area contributed by atoms with Gasteiger partial charge < -0.3 is 0 Å². The molecule has 0 aromatic heterocycles. The Bertz CT molecular complexity index is 169. The third kappa shape index (κ3) is 2.55. The fourth-order valence-electron chi connectivity index (χ4n) is 3.38. The summed E-state index contributed by atoms with van der Waals surface area (Å²) in [5.74, 6) is 0. The molecule has 0 spiro atoms. The zero-order valence-electron chi connectivity index (χ0n) is 11.4. The molecular formula is C10H27ISi3. The average molecular weight is 358 g/mol. The summed E-state index contributed by atoms with van der Waals surface area (Å²) in [6.07, 6.45) is 0. The Labute approximate surface area is 107 Å². The Hall–Kier alpha value is 1.38. The number of hydrogen-bond donors (Lipinski definition) is 0. The molecule has 0 amide bonds. The second kappa shape index (κ2) is 4.00. The predicted octanol–water partition coefficient (Wildman–Crippen LogP) is 4.79. The van der Waals surface area contributed by atoms with E-state index in [2.05, 4.69) is 81.5 Å². The van der Waals surface area contributed by atoms with Gasteiger partial charge in [0.1, 0.15) is 0 Å². The van der Waals surface area contributed by atoms with Crippen molar-refractivity contribution in [2.45, 2.75) is 61.2 Å². The van der Waals surface area contributed by atoms with E-state index in [1.165, 1.54) is 0 Å². The first-order chi connectivity index (χ1) is 5.75. The van der Waals surface area contributed by atoms with Crippen LogP contribution in [0.3, 0.4) is 0 Å². The molecule has 0 heterocycles. The van der Waals surface area contributed by atoms with E-state index in [1.54, 1.807) is 0 Å². The molecule has 0 unspecified atom stereocenters. The van der Waals surface area contributed by atoms with E-state index >= 15 is 0 Å². The van der Waals surface area contributed by atoms with Gasteiger partial charge >= 0.3 is 0 Å². The van der Waals surface area contributed by atoms with Crippen molar-refractivity contribution in [3.63, 3.8) is 0 Å². The summed E-state index contributed by atoms with van der Waals surface area (Å²) in [5, 5.41) is 0. The lowest BCUT2D eigenvalue weighted by Gasteiger charge is -2.55. The molecule has 14 heavy (non-hydrogen) atoms. The van der Waals surface area contributed by atoms with Gasteiger partial charge in [0.15, 0.2) is 0 Å². The molecule has 0 atom stereocenters. The minimum Gasteiger partial charge on any atom is -0.0890 e. The van der Waals surface area contributed by atoms with E-state index in [0.29, 0.717) is 2.29 Å². The highest BCUT2D eigenvalue weighted by Gasteiger charge is 2.57. The van der Waals surface area contributed by atoms with Crippen molar-refractivity contribution in [2.75, 3.05) is 0 Å².